The van der Waals surface area contributed by atoms with E-state index in [0.717, 1.165) is 16.7 Å². The monoisotopic (exact) mass is 368 g/mol. The Kier molecular flexibility index (Phi) is 5.24. The van der Waals surface area contributed by atoms with Gasteiger partial charge in [0, 0.05) is 12.2 Å². The van der Waals surface area contributed by atoms with Gasteiger partial charge in [-0.05, 0) is 63.4 Å². The zero-order chi connectivity index (χ0) is 19.7. The molecule has 5 heteroatoms. The van der Waals surface area contributed by atoms with E-state index < -0.39 is 12.1 Å². The molecule has 0 saturated heterocycles. The molecule has 0 spiro atoms. The third-order valence-electron chi connectivity index (χ3n) is 4.49. The highest BCUT2D eigenvalue weighted by atomic mass is 16.7. The van der Waals surface area contributed by atoms with E-state index in [4.69, 9.17) is 9.47 Å². The van der Waals surface area contributed by atoms with Crippen LogP contribution in [0.5, 0.6) is 17.2 Å². The predicted octanol–water partition coefficient (Wildman–Crippen LogP) is 4.57. The molecule has 5 nitrogen and oxygen atoms in total. The molecular weight excluding hydrogens is 344 g/mol. The highest BCUT2D eigenvalue weighted by molar-refractivity contribution is 6.15. The largest absolute Gasteiger partial charge is 0.507 e. The molecule has 0 amide bonds. The number of ketones is 1. The van der Waals surface area contributed by atoms with Gasteiger partial charge in [0.15, 0.2) is 0 Å². The van der Waals surface area contributed by atoms with Gasteiger partial charge in [0.1, 0.15) is 22.8 Å². The number of carbonyl (C=O) groups excluding carboxylic acids is 1. The summed E-state index contributed by atoms with van der Waals surface area (Å²) in [5.74, 6) is -0.510. The van der Waals surface area contributed by atoms with Crippen molar-refractivity contribution in [2.24, 2.45) is 0 Å². The summed E-state index contributed by atoms with van der Waals surface area (Å²) in [7, 11) is 0. The maximum Gasteiger partial charge on any atom is 0.227 e. The summed E-state index contributed by atoms with van der Waals surface area (Å²) in [5.41, 5.74) is 3.31. The number of benzene rings is 2. The number of carbonyl (C=O) groups is 1. The number of aryl methyl sites for hydroxylation is 1. The number of phenols is 2. The van der Waals surface area contributed by atoms with E-state index in [1.807, 2.05) is 33.8 Å². The predicted molar refractivity (Wildman–Crippen MR) is 103 cm³/mol. The van der Waals surface area contributed by atoms with Crippen LogP contribution in [-0.4, -0.2) is 22.6 Å². The highest BCUT2D eigenvalue weighted by Gasteiger charge is 2.34. The Balaban J connectivity index is 2.26. The quantitative estimate of drug-likeness (QED) is 0.773. The molecule has 3 rings (SSSR count). The molecule has 1 atom stereocenters. The first-order valence-corrected chi connectivity index (χ1v) is 8.98. The van der Waals surface area contributed by atoms with E-state index in [2.05, 4.69) is 0 Å². The van der Waals surface area contributed by atoms with Crippen LogP contribution in [0, 0.1) is 6.92 Å². The molecule has 0 aromatic heterocycles. The third kappa shape index (κ3) is 3.55. The zero-order valence-corrected chi connectivity index (χ0v) is 16.0. The standard InChI is InChI=1S/C22H24O5/c1-5-26-22-15-10-13(4)11-17(24)18(15)20(25)19-16(23)9-8-14(21(19)27-22)7-6-12(2)3/h6,8-11,22-24H,5,7H2,1-4H3/t22-/m0/s1. The lowest BCUT2D eigenvalue weighted by atomic mass is 9.94. The van der Waals surface area contributed by atoms with Crippen molar-refractivity contribution in [1.82, 2.24) is 0 Å². The number of aromatic hydroxyl groups is 2. The summed E-state index contributed by atoms with van der Waals surface area (Å²) in [6.45, 7) is 8.00. The molecule has 0 bridgehead atoms. The first-order valence-electron chi connectivity index (χ1n) is 8.98. The highest BCUT2D eigenvalue weighted by Crippen LogP contribution is 2.43. The molecule has 1 aliphatic heterocycles. The second-order valence-electron chi connectivity index (χ2n) is 6.92. The molecule has 0 saturated carbocycles. The average Bonchev–Trinajstić information content (AvgIpc) is 2.70. The summed E-state index contributed by atoms with van der Waals surface area (Å²) in [4.78, 5) is 13.3. The van der Waals surface area contributed by atoms with Gasteiger partial charge in [-0.15, -0.1) is 0 Å². The smallest absolute Gasteiger partial charge is 0.227 e. The van der Waals surface area contributed by atoms with E-state index in [1.54, 1.807) is 12.1 Å². The van der Waals surface area contributed by atoms with Crippen molar-refractivity contribution >= 4 is 5.78 Å². The van der Waals surface area contributed by atoms with Gasteiger partial charge in [0.2, 0.25) is 12.1 Å². The van der Waals surface area contributed by atoms with Crippen LogP contribution in [0.4, 0.5) is 0 Å². The van der Waals surface area contributed by atoms with E-state index >= 15 is 0 Å². The van der Waals surface area contributed by atoms with Gasteiger partial charge < -0.3 is 19.7 Å². The molecule has 0 radical (unpaired) electrons. The van der Waals surface area contributed by atoms with Crippen molar-refractivity contribution in [3.63, 3.8) is 0 Å². The minimum absolute atomic E-state index is 0.0530. The van der Waals surface area contributed by atoms with E-state index in [1.165, 1.54) is 12.1 Å². The van der Waals surface area contributed by atoms with Crippen LogP contribution in [0.2, 0.25) is 0 Å². The maximum atomic E-state index is 13.3. The fourth-order valence-corrected chi connectivity index (χ4v) is 3.24. The molecular formula is C22H24O5. The van der Waals surface area contributed by atoms with Crippen LogP contribution < -0.4 is 4.74 Å². The van der Waals surface area contributed by atoms with Crippen LogP contribution in [0.25, 0.3) is 0 Å². The van der Waals surface area contributed by atoms with Crippen molar-refractivity contribution in [3.8, 4) is 17.2 Å². The molecule has 27 heavy (non-hydrogen) atoms. The fourth-order valence-electron chi connectivity index (χ4n) is 3.24. The van der Waals surface area contributed by atoms with Crippen molar-refractivity contribution in [3.05, 3.63) is 63.7 Å². The number of fused-ring (bicyclic) bond motifs is 2. The molecule has 0 aliphatic carbocycles. The molecule has 1 aliphatic rings. The third-order valence-corrected chi connectivity index (χ3v) is 4.49. The maximum absolute atomic E-state index is 13.3. The first-order chi connectivity index (χ1) is 12.8. The van der Waals surface area contributed by atoms with E-state index in [-0.39, 0.29) is 22.6 Å². The summed E-state index contributed by atoms with van der Waals surface area (Å²) in [6.07, 6.45) is 1.72. The number of rotatable bonds is 4. The molecule has 142 valence electrons. The number of hydrogen-bond donors (Lipinski definition) is 2. The van der Waals surface area contributed by atoms with Gasteiger partial charge in [-0.1, -0.05) is 17.7 Å². The van der Waals surface area contributed by atoms with Crippen LogP contribution in [0.1, 0.15) is 59.7 Å². The topological polar surface area (TPSA) is 76.0 Å². The van der Waals surface area contributed by atoms with Gasteiger partial charge in [-0.3, -0.25) is 4.79 Å². The van der Waals surface area contributed by atoms with Gasteiger partial charge in [-0.25, -0.2) is 0 Å². The minimum Gasteiger partial charge on any atom is -0.507 e. The Labute approximate surface area is 158 Å². The van der Waals surface area contributed by atoms with Gasteiger partial charge in [-0.2, -0.15) is 0 Å². The van der Waals surface area contributed by atoms with Gasteiger partial charge in [0.05, 0.1) is 5.56 Å². The summed E-state index contributed by atoms with van der Waals surface area (Å²) in [6, 6.07) is 6.52. The second-order valence-corrected chi connectivity index (χ2v) is 6.92. The van der Waals surface area contributed by atoms with Crippen LogP contribution in [0.15, 0.2) is 35.9 Å². The van der Waals surface area contributed by atoms with Crippen molar-refractivity contribution < 1.29 is 24.5 Å². The SMILES string of the molecule is CCO[C@H]1Oc2c(CC=C(C)C)ccc(O)c2C(=O)c2c(O)cc(C)cc21. The minimum atomic E-state index is -0.853. The lowest BCUT2D eigenvalue weighted by Crippen LogP contribution is -2.13. The Hall–Kier alpha value is -2.79. The first kappa shape index (κ1) is 19.0. The van der Waals surface area contributed by atoms with E-state index in [0.29, 0.717) is 24.3 Å². The Morgan fingerprint density at radius 3 is 2.59 bits per heavy atom. The molecule has 2 aromatic rings. The lowest BCUT2D eigenvalue weighted by molar-refractivity contribution is -0.0787. The number of ether oxygens (including phenoxy) is 2. The van der Waals surface area contributed by atoms with Crippen molar-refractivity contribution in [2.45, 2.75) is 40.4 Å². The molecule has 1 heterocycles. The lowest BCUT2D eigenvalue weighted by Gasteiger charge is -2.21. The fraction of sp³-hybridized carbons (Fsp3) is 0.318. The van der Waals surface area contributed by atoms with E-state index in [9.17, 15) is 15.0 Å². The van der Waals surface area contributed by atoms with Crippen molar-refractivity contribution in [2.75, 3.05) is 6.61 Å². The molecule has 2 N–H and O–H groups in total. The molecule has 0 unspecified atom stereocenters. The average molecular weight is 368 g/mol. The van der Waals surface area contributed by atoms with Crippen LogP contribution in [-0.2, 0) is 11.2 Å². The Morgan fingerprint density at radius 1 is 1.19 bits per heavy atom. The van der Waals surface area contributed by atoms with Crippen LogP contribution in [0.3, 0.4) is 0 Å². The number of phenolic OH excluding ortho intramolecular Hbond substituents is 2. The molecule has 0 fully saturated rings. The Bertz CT molecular complexity index is 923. The zero-order valence-electron chi connectivity index (χ0n) is 16.0. The Morgan fingerprint density at radius 2 is 1.93 bits per heavy atom. The summed E-state index contributed by atoms with van der Waals surface area (Å²) in [5, 5.41) is 20.9. The van der Waals surface area contributed by atoms with Crippen molar-refractivity contribution in [1.29, 1.82) is 0 Å². The second kappa shape index (κ2) is 7.45. The molecule has 2 aromatic carbocycles. The number of hydrogen-bond acceptors (Lipinski definition) is 5. The van der Waals surface area contributed by atoms with Gasteiger partial charge >= 0.3 is 0 Å². The summed E-state index contributed by atoms with van der Waals surface area (Å²) < 4.78 is 11.8. The van der Waals surface area contributed by atoms with Crippen LogP contribution >= 0.6 is 0 Å². The van der Waals surface area contributed by atoms with Gasteiger partial charge in [0.25, 0.3) is 0 Å². The summed E-state index contributed by atoms with van der Waals surface area (Å²) >= 11 is 0. The normalized spacial score (nSPS) is 15.4. The number of allylic oxidation sites excluding steroid dienone is 2.